The van der Waals surface area contributed by atoms with E-state index in [1.165, 1.54) is 0 Å². The minimum absolute atomic E-state index is 0.111. The van der Waals surface area contributed by atoms with Gasteiger partial charge < -0.3 is 15.2 Å². The molecule has 0 aliphatic carbocycles. The predicted molar refractivity (Wildman–Crippen MR) is 72.9 cm³/mol. The van der Waals surface area contributed by atoms with E-state index in [0.29, 0.717) is 6.54 Å². The molecule has 1 saturated heterocycles. The van der Waals surface area contributed by atoms with E-state index in [1.807, 2.05) is 10.9 Å². The van der Waals surface area contributed by atoms with Crippen molar-refractivity contribution in [1.29, 1.82) is 0 Å². The molecule has 1 fully saturated rings. The summed E-state index contributed by atoms with van der Waals surface area (Å²) in [7, 11) is 3.46. The number of hydrogen-bond acceptors (Lipinski definition) is 5. The van der Waals surface area contributed by atoms with E-state index in [9.17, 15) is 0 Å². The summed E-state index contributed by atoms with van der Waals surface area (Å²) in [6.07, 6.45) is 4.20. The second kappa shape index (κ2) is 6.47. The smallest absolute Gasteiger partial charge is 0.0972 e. The van der Waals surface area contributed by atoms with Crippen molar-refractivity contribution in [2.24, 2.45) is 5.73 Å². The third kappa shape index (κ3) is 2.97. The van der Waals surface area contributed by atoms with Crippen LogP contribution in [0.25, 0.3) is 0 Å². The fraction of sp³-hybridized carbons (Fsp3) is 0.769. The summed E-state index contributed by atoms with van der Waals surface area (Å²) in [5.41, 5.74) is 7.11. The first-order valence-corrected chi connectivity index (χ1v) is 6.75. The number of likely N-dealkylation sites (tertiary alicyclic amines) is 1. The Morgan fingerprint density at radius 1 is 1.37 bits per heavy atom. The van der Waals surface area contributed by atoms with Crippen molar-refractivity contribution < 1.29 is 9.47 Å². The van der Waals surface area contributed by atoms with Crippen LogP contribution in [0.1, 0.15) is 18.5 Å². The molecule has 0 aromatic carbocycles. The second-order valence-corrected chi connectivity index (χ2v) is 4.88. The normalized spacial score (nSPS) is 25.9. The van der Waals surface area contributed by atoms with Crippen molar-refractivity contribution in [2.75, 3.05) is 33.9 Å². The average molecular weight is 268 g/mol. The van der Waals surface area contributed by atoms with Crippen molar-refractivity contribution in [3.05, 3.63) is 18.0 Å². The molecule has 2 heterocycles. The minimum Gasteiger partial charge on any atom is -0.377 e. The number of rotatable bonds is 6. The number of ether oxygens (including phenoxy) is 2. The summed E-state index contributed by atoms with van der Waals surface area (Å²) in [5, 5.41) is 4.33. The van der Waals surface area contributed by atoms with E-state index >= 15 is 0 Å². The number of methoxy groups -OCH3 is 2. The van der Waals surface area contributed by atoms with Crippen molar-refractivity contribution in [2.45, 2.75) is 31.7 Å². The van der Waals surface area contributed by atoms with Gasteiger partial charge in [-0.15, -0.1) is 0 Å². The molecule has 1 aliphatic rings. The lowest BCUT2D eigenvalue weighted by Crippen LogP contribution is -2.33. The molecule has 1 aliphatic heterocycles. The summed E-state index contributed by atoms with van der Waals surface area (Å²) in [4.78, 5) is 2.32. The third-order valence-corrected chi connectivity index (χ3v) is 3.88. The van der Waals surface area contributed by atoms with Gasteiger partial charge in [-0.2, -0.15) is 5.10 Å². The second-order valence-electron chi connectivity index (χ2n) is 4.88. The Balaban J connectivity index is 2.10. The topological polar surface area (TPSA) is 65.5 Å². The van der Waals surface area contributed by atoms with Gasteiger partial charge in [0, 0.05) is 52.2 Å². The Morgan fingerprint density at radius 3 is 2.42 bits per heavy atom. The molecular formula is C13H24N4O2. The maximum Gasteiger partial charge on any atom is 0.0972 e. The summed E-state index contributed by atoms with van der Waals surface area (Å²) in [5.74, 6) is 0. The lowest BCUT2D eigenvalue weighted by molar-refractivity contribution is -0.00461. The van der Waals surface area contributed by atoms with Gasteiger partial charge >= 0.3 is 0 Å². The van der Waals surface area contributed by atoms with Gasteiger partial charge in [0.05, 0.1) is 24.4 Å². The van der Waals surface area contributed by atoms with Crippen LogP contribution in [0, 0.1) is 0 Å². The van der Waals surface area contributed by atoms with Crippen LogP contribution in [0.5, 0.6) is 0 Å². The summed E-state index contributed by atoms with van der Waals surface area (Å²) >= 11 is 0. The number of hydrogen-bond donors (Lipinski definition) is 1. The van der Waals surface area contributed by atoms with Gasteiger partial charge in [-0.3, -0.25) is 9.58 Å². The monoisotopic (exact) mass is 268 g/mol. The average Bonchev–Trinajstić information content (AvgIpc) is 3.06. The van der Waals surface area contributed by atoms with E-state index in [-0.39, 0.29) is 18.2 Å². The molecule has 3 atom stereocenters. The van der Waals surface area contributed by atoms with E-state index in [4.69, 9.17) is 15.2 Å². The van der Waals surface area contributed by atoms with E-state index in [0.717, 1.165) is 25.2 Å². The van der Waals surface area contributed by atoms with Crippen LogP contribution in [0.2, 0.25) is 0 Å². The lowest BCUT2D eigenvalue weighted by Gasteiger charge is -2.25. The molecule has 108 valence electrons. The number of nitrogens with two attached hydrogens (primary N) is 1. The van der Waals surface area contributed by atoms with Crippen molar-refractivity contribution >= 4 is 0 Å². The zero-order chi connectivity index (χ0) is 13.8. The highest BCUT2D eigenvalue weighted by Gasteiger charge is 2.36. The van der Waals surface area contributed by atoms with Crippen LogP contribution in [0.3, 0.4) is 0 Å². The minimum atomic E-state index is 0.111. The standard InChI is InChI=1S/C13H24N4O2/c1-4-17-7-10(6-15-17)11(5-14)16-8-12(18-2)13(9-16)19-3/h6-7,11-13H,4-5,8-9,14H2,1-3H3. The van der Waals surface area contributed by atoms with Crippen LogP contribution in [-0.2, 0) is 16.0 Å². The van der Waals surface area contributed by atoms with E-state index < -0.39 is 0 Å². The first-order chi connectivity index (χ1) is 9.23. The molecule has 2 rings (SSSR count). The first kappa shape index (κ1) is 14.5. The molecule has 6 heteroatoms. The van der Waals surface area contributed by atoms with Crippen LogP contribution >= 0.6 is 0 Å². The predicted octanol–water partition coefficient (Wildman–Crippen LogP) is 0.248. The van der Waals surface area contributed by atoms with Gasteiger partial charge in [-0.1, -0.05) is 0 Å². The van der Waals surface area contributed by atoms with Gasteiger partial charge in [0.2, 0.25) is 0 Å². The van der Waals surface area contributed by atoms with Crippen LogP contribution < -0.4 is 5.73 Å². The van der Waals surface area contributed by atoms with Crippen LogP contribution in [0.15, 0.2) is 12.4 Å². The lowest BCUT2D eigenvalue weighted by atomic mass is 10.1. The van der Waals surface area contributed by atoms with Gasteiger partial charge in [0.1, 0.15) is 0 Å². The molecule has 19 heavy (non-hydrogen) atoms. The number of aromatic nitrogens is 2. The van der Waals surface area contributed by atoms with Crippen LogP contribution in [-0.4, -0.2) is 60.7 Å². The molecule has 6 nitrogen and oxygen atoms in total. The first-order valence-electron chi connectivity index (χ1n) is 6.75. The fourth-order valence-corrected chi connectivity index (χ4v) is 2.70. The third-order valence-electron chi connectivity index (χ3n) is 3.88. The molecule has 0 amide bonds. The van der Waals surface area contributed by atoms with Gasteiger partial charge in [0.25, 0.3) is 0 Å². The van der Waals surface area contributed by atoms with Gasteiger partial charge in [0.15, 0.2) is 0 Å². The highest BCUT2D eigenvalue weighted by Crippen LogP contribution is 2.26. The maximum absolute atomic E-state index is 5.95. The zero-order valence-electron chi connectivity index (χ0n) is 12.0. The Hall–Kier alpha value is -0.950. The number of aryl methyl sites for hydroxylation is 1. The fourth-order valence-electron chi connectivity index (χ4n) is 2.70. The zero-order valence-corrected chi connectivity index (χ0v) is 12.0. The highest BCUT2D eigenvalue weighted by atomic mass is 16.5. The van der Waals surface area contributed by atoms with Crippen molar-refractivity contribution in [3.63, 3.8) is 0 Å². The SMILES string of the molecule is CCn1cc(C(CN)N2CC(OC)C(OC)C2)cn1. The molecule has 0 radical (unpaired) electrons. The highest BCUT2D eigenvalue weighted by molar-refractivity contribution is 5.12. The Kier molecular flexibility index (Phi) is 4.93. The van der Waals surface area contributed by atoms with Crippen molar-refractivity contribution in [1.82, 2.24) is 14.7 Å². The number of nitrogens with zero attached hydrogens (tertiary/aromatic N) is 3. The van der Waals surface area contributed by atoms with E-state index in [1.54, 1.807) is 14.2 Å². The Morgan fingerprint density at radius 2 is 2.00 bits per heavy atom. The largest absolute Gasteiger partial charge is 0.377 e. The quantitative estimate of drug-likeness (QED) is 0.801. The molecule has 3 unspecified atom stereocenters. The molecule has 0 saturated carbocycles. The maximum atomic E-state index is 5.95. The van der Waals surface area contributed by atoms with Gasteiger partial charge in [-0.25, -0.2) is 0 Å². The summed E-state index contributed by atoms with van der Waals surface area (Å²) in [6.45, 7) is 5.20. The Bertz CT molecular complexity index is 384. The molecule has 2 N–H and O–H groups in total. The van der Waals surface area contributed by atoms with Gasteiger partial charge in [-0.05, 0) is 6.92 Å². The molecular weight excluding hydrogens is 244 g/mol. The van der Waals surface area contributed by atoms with E-state index in [2.05, 4.69) is 23.1 Å². The summed E-state index contributed by atoms with van der Waals surface area (Å²) in [6, 6.07) is 0.179. The molecule has 1 aromatic rings. The molecule has 0 spiro atoms. The summed E-state index contributed by atoms with van der Waals surface area (Å²) < 4.78 is 12.9. The Labute approximate surface area is 114 Å². The van der Waals surface area contributed by atoms with Crippen molar-refractivity contribution in [3.8, 4) is 0 Å². The van der Waals surface area contributed by atoms with Crippen LogP contribution in [0.4, 0.5) is 0 Å². The molecule has 1 aromatic heterocycles. The molecule has 0 bridgehead atoms.